The maximum Gasteiger partial charge on any atom is 0.0703 e. The van der Waals surface area contributed by atoms with E-state index in [0.29, 0.717) is 6.04 Å². The zero-order valence-corrected chi connectivity index (χ0v) is 13.0. The number of aromatic nitrogens is 1. The van der Waals surface area contributed by atoms with Crippen LogP contribution in [0.25, 0.3) is 10.9 Å². The van der Waals surface area contributed by atoms with Crippen LogP contribution in [0.4, 0.5) is 5.69 Å². The molecule has 3 heteroatoms. The quantitative estimate of drug-likeness (QED) is 0.926. The van der Waals surface area contributed by atoms with Crippen LogP contribution in [0.3, 0.4) is 0 Å². The first-order valence-electron chi connectivity index (χ1n) is 8.10. The highest BCUT2D eigenvalue weighted by Crippen LogP contribution is 2.24. The van der Waals surface area contributed by atoms with E-state index in [-0.39, 0.29) is 0 Å². The molecule has 0 spiro atoms. The van der Waals surface area contributed by atoms with Crippen molar-refractivity contribution in [1.82, 2.24) is 9.88 Å². The molecule has 0 aliphatic carbocycles. The van der Waals surface area contributed by atoms with Crippen molar-refractivity contribution >= 4 is 16.6 Å². The van der Waals surface area contributed by atoms with Gasteiger partial charge in [-0.25, -0.2) is 0 Å². The summed E-state index contributed by atoms with van der Waals surface area (Å²) in [6.07, 6.45) is 4.51. The molecule has 1 aromatic carbocycles. The van der Waals surface area contributed by atoms with Gasteiger partial charge in [0.05, 0.1) is 5.52 Å². The smallest absolute Gasteiger partial charge is 0.0703 e. The van der Waals surface area contributed by atoms with E-state index in [2.05, 4.69) is 53.3 Å². The Morgan fingerprint density at radius 2 is 2.29 bits per heavy atom. The van der Waals surface area contributed by atoms with Crippen LogP contribution in [-0.2, 0) is 0 Å². The van der Waals surface area contributed by atoms with Crippen molar-refractivity contribution in [3.8, 4) is 0 Å². The van der Waals surface area contributed by atoms with Crippen molar-refractivity contribution in [2.24, 2.45) is 5.92 Å². The van der Waals surface area contributed by atoms with E-state index in [9.17, 15) is 0 Å². The van der Waals surface area contributed by atoms with Gasteiger partial charge >= 0.3 is 0 Å². The number of nitrogens with zero attached hydrogens (tertiary/aromatic N) is 2. The van der Waals surface area contributed by atoms with Crippen LogP contribution in [0.15, 0.2) is 36.5 Å². The van der Waals surface area contributed by atoms with Crippen molar-refractivity contribution in [3.05, 3.63) is 36.5 Å². The number of hydrogen-bond donors (Lipinski definition) is 1. The van der Waals surface area contributed by atoms with Crippen LogP contribution in [0, 0.1) is 5.92 Å². The van der Waals surface area contributed by atoms with Crippen LogP contribution in [0.1, 0.15) is 26.7 Å². The first-order valence-corrected chi connectivity index (χ1v) is 8.10. The third kappa shape index (κ3) is 3.35. The first-order chi connectivity index (χ1) is 10.3. The summed E-state index contributed by atoms with van der Waals surface area (Å²) in [5.41, 5.74) is 2.27. The molecule has 112 valence electrons. The summed E-state index contributed by atoms with van der Waals surface area (Å²) < 4.78 is 0. The topological polar surface area (TPSA) is 28.2 Å². The molecule has 3 rings (SSSR count). The van der Waals surface area contributed by atoms with Crippen molar-refractivity contribution < 1.29 is 0 Å². The van der Waals surface area contributed by atoms with E-state index in [0.717, 1.165) is 11.4 Å². The fraction of sp³-hybridized carbons (Fsp3) is 0.500. The van der Waals surface area contributed by atoms with Gasteiger partial charge in [0.15, 0.2) is 0 Å². The van der Waals surface area contributed by atoms with Gasteiger partial charge in [-0.15, -0.1) is 0 Å². The number of rotatable bonds is 4. The minimum atomic E-state index is 0.508. The molecule has 1 aliphatic rings. The van der Waals surface area contributed by atoms with Gasteiger partial charge in [0.25, 0.3) is 0 Å². The molecule has 3 nitrogen and oxygen atoms in total. The molecule has 21 heavy (non-hydrogen) atoms. The van der Waals surface area contributed by atoms with Gasteiger partial charge in [0, 0.05) is 29.9 Å². The van der Waals surface area contributed by atoms with Crippen LogP contribution < -0.4 is 5.32 Å². The summed E-state index contributed by atoms with van der Waals surface area (Å²) in [6, 6.07) is 11.1. The van der Waals surface area contributed by atoms with E-state index < -0.39 is 0 Å². The summed E-state index contributed by atoms with van der Waals surface area (Å²) in [6.45, 7) is 8.24. The standard InChI is InChI=1S/C18H25N3/c1-3-21-11-5-7-16(13-21)14(2)20-17-8-9-18-15(12-17)6-4-10-19-18/h4,6,8-10,12,14,16,20H,3,5,7,11,13H2,1-2H3. The van der Waals surface area contributed by atoms with Gasteiger partial charge in [-0.2, -0.15) is 0 Å². The SMILES string of the molecule is CCN1CCCC(C(C)Nc2ccc3ncccc3c2)C1. The molecule has 1 saturated heterocycles. The Bertz CT molecular complexity index is 596. The number of nitrogens with one attached hydrogen (secondary N) is 1. The van der Waals surface area contributed by atoms with Crippen LogP contribution >= 0.6 is 0 Å². The Labute approximate surface area is 127 Å². The lowest BCUT2D eigenvalue weighted by Gasteiger charge is -2.35. The lowest BCUT2D eigenvalue weighted by atomic mass is 9.91. The maximum atomic E-state index is 4.38. The average molecular weight is 283 g/mol. The van der Waals surface area contributed by atoms with E-state index in [1.54, 1.807) is 0 Å². The fourth-order valence-corrected chi connectivity index (χ4v) is 3.33. The molecule has 0 amide bonds. The molecule has 0 radical (unpaired) electrons. The van der Waals surface area contributed by atoms with Crippen molar-refractivity contribution in [2.75, 3.05) is 25.0 Å². The molecule has 2 atom stereocenters. The van der Waals surface area contributed by atoms with E-state index in [4.69, 9.17) is 0 Å². The van der Waals surface area contributed by atoms with Gasteiger partial charge < -0.3 is 10.2 Å². The van der Waals surface area contributed by atoms with Crippen LogP contribution in [0.5, 0.6) is 0 Å². The number of pyridine rings is 1. The lowest BCUT2D eigenvalue weighted by Crippen LogP contribution is -2.41. The molecule has 2 heterocycles. The van der Waals surface area contributed by atoms with E-state index in [1.807, 2.05) is 12.3 Å². The number of fused-ring (bicyclic) bond motifs is 1. The normalized spacial score (nSPS) is 21.3. The highest BCUT2D eigenvalue weighted by Gasteiger charge is 2.23. The fourth-order valence-electron chi connectivity index (χ4n) is 3.33. The monoisotopic (exact) mass is 283 g/mol. The molecule has 1 N–H and O–H groups in total. The molecule has 1 aromatic heterocycles. The largest absolute Gasteiger partial charge is 0.382 e. The minimum Gasteiger partial charge on any atom is -0.382 e. The van der Waals surface area contributed by atoms with E-state index >= 15 is 0 Å². The summed E-state index contributed by atoms with van der Waals surface area (Å²) in [5.74, 6) is 0.739. The molecule has 1 aliphatic heterocycles. The summed E-state index contributed by atoms with van der Waals surface area (Å²) >= 11 is 0. The third-order valence-corrected chi connectivity index (χ3v) is 4.69. The first kappa shape index (κ1) is 14.3. The minimum absolute atomic E-state index is 0.508. The Hall–Kier alpha value is -1.61. The zero-order chi connectivity index (χ0) is 14.7. The average Bonchev–Trinajstić information content (AvgIpc) is 2.54. The second-order valence-corrected chi connectivity index (χ2v) is 6.14. The molecule has 0 bridgehead atoms. The Morgan fingerprint density at radius 3 is 3.14 bits per heavy atom. The number of piperidine rings is 1. The molecule has 2 aromatic rings. The van der Waals surface area contributed by atoms with Crippen molar-refractivity contribution in [3.63, 3.8) is 0 Å². The molecular formula is C18H25N3. The highest BCUT2D eigenvalue weighted by atomic mass is 15.1. The third-order valence-electron chi connectivity index (χ3n) is 4.69. The Balaban J connectivity index is 1.69. The van der Waals surface area contributed by atoms with Crippen LogP contribution in [0.2, 0.25) is 0 Å². The second-order valence-electron chi connectivity index (χ2n) is 6.14. The molecule has 0 saturated carbocycles. The summed E-state index contributed by atoms with van der Waals surface area (Å²) in [7, 11) is 0. The van der Waals surface area contributed by atoms with Gasteiger partial charge in [-0.1, -0.05) is 13.0 Å². The highest BCUT2D eigenvalue weighted by molar-refractivity contribution is 5.82. The van der Waals surface area contributed by atoms with E-state index in [1.165, 1.54) is 43.5 Å². The van der Waals surface area contributed by atoms with Crippen LogP contribution in [-0.4, -0.2) is 35.6 Å². The number of hydrogen-bond acceptors (Lipinski definition) is 3. The number of likely N-dealkylation sites (tertiary alicyclic amines) is 1. The molecule has 2 unspecified atom stereocenters. The predicted molar refractivity (Wildman–Crippen MR) is 89.7 cm³/mol. The van der Waals surface area contributed by atoms with Crippen molar-refractivity contribution in [1.29, 1.82) is 0 Å². The summed E-state index contributed by atoms with van der Waals surface area (Å²) in [4.78, 5) is 6.94. The van der Waals surface area contributed by atoms with Crippen molar-refractivity contribution in [2.45, 2.75) is 32.7 Å². The lowest BCUT2D eigenvalue weighted by molar-refractivity contribution is 0.172. The maximum absolute atomic E-state index is 4.38. The number of anilines is 1. The van der Waals surface area contributed by atoms with Gasteiger partial charge in [-0.3, -0.25) is 4.98 Å². The molecular weight excluding hydrogens is 258 g/mol. The van der Waals surface area contributed by atoms with Gasteiger partial charge in [-0.05, 0) is 63.0 Å². The Kier molecular flexibility index (Phi) is 4.39. The molecule has 1 fully saturated rings. The predicted octanol–water partition coefficient (Wildman–Crippen LogP) is 3.77. The van der Waals surface area contributed by atoms with Gasteiger partial charge in [0.1, 0.15) is 0 Å². The van der Waals surface area contributed by atoms with Gasteiger partial charge in [0.2, 0.25) is 0 Å². The number of benzene rings is 1. The zero-order valence-electron chi connectivity index (χ0n) is 13.0. The Morgan fingerprint density at radius 1 is 1.38 bits per heavy atom. The summed E-state index contributed by atoms with van der Waals surface area (Å²) in [5, 5.41) is 4.90. The second kappa shape index (κ2) is 6.44.